The molecule has 0 heterocycles. The first-order valence-electron chi connectivity index (χ1n) is 5.28. The lowest BCUT2D eigenvalue weighted by atomic mass is 10.0. The number of carboxylic acid groups (broad SMARTS) is 1. The monoisotopic (exact) mass is 248 g/mol. The fraction of sp³-hybridized carbons (Fsp3) is 0.800. The summed E-state index contributed by atoms with van der Waals surface area (Å²) in [5.74, 6) is -1.04. The molecule has 5 nitrogen and oxygen atoms in total. The van der Waals surface area contributed by atoms with Crippen LogP contribution in [-0.4, -0.2) is 41.2 Å². The van der Waals surface area contributed by atoms with Crippen molar-refractivity contribution < 1.29 is 14.7 Å². The van der Waals surface area contributed by atoms with Gasteiger partial charge < -0.3 is 15.7 Å². The van der Waals surface area contributed by atoms with E-state index in [-0.39, 0.29) is 11.3 Å². The van der Waals surface area contributed by atoms with Crippen molar-refractivity contribution in [1.82, 2.24) is 10.6 Å². The first kappa shape index (κ1) is 15.1. The zero-order valence-electron chi connectivity index (χ0n) is 10.0. The Hall–Kier alpha value is -0.910. The van der Waals surface area contributed by atoms with Crippen LogP contribution in [0.25, 0.3) is 0 Å². The largest absolute Gasteiger partial charge is 0.480 e. The number of carbonyl (C=O) groups is 2. The molecule has 0 aliphatic carbocycles. The zero-order valence-corrected chi connectivity index (χ0v) is 10.8. The predicted octanol–water partition coefficient (Wildman–Crippen LogP) is 1.29. The summed E-state index contributed by atoms with van der Waals surface area (Å²) < 4.78 is 0.0422. The number of hydrogen-bond donors (Lipinski definition) is 3. The standard InChI is InChI=1S/C10H20N2O3S/c1-4-10(5-2,16-3)7-12-9(15)11-6-8(13)14/h4-7H2,1-3H3,(H,13,14)(H2,11,12,15). The lowest BCUT2D eigenvalue weighted by molar-refractivity contribution is -0.135. The van der Waals surface area contributed by atoms with Gasteiger partial charge in [-0.1, -0.05) is 13.8 Å². The summed E-state index contributed by atoms with van der Waals surface area (Å²) in [5.41, 5.74) is 0. The van der Waals surface area contributed by atoms with Gasteiger partial charge in [-0.05, 0) is 19.1 Å². The molecular weight excluding hydrogens is 228 g/mol. The molecule has 0 unspecified atom stereocenters. The van der Waals surface area contributed by atoms with Gasteiger partial charge in [0, 0.05) is 11.3 Å². The van der Waals surface area contributed by atoms with Crippen LogP contribution in [0.5, 0.6) is 0 Å². The minimum atomic E-state index is -1.04. The van der Waals surface area contributed by atoms with Crippen molar-refractivity contribution in [2.24, 2.45) is 0 Å². The van der Waals surface area contributed by atoms with Crippen LogP contribution < -0.4 is 10.6 Å². The third kappa shape index (κ3) is 5.25. The summed E-state index contributed by atoms with van der Waals surface area (Å²) in [4.78, 5) is 21.5. The van der Waals surface area contributed by atoms with Gasteiger partial charge in [-0.3, -0.25) is 4.79 Å². The number of amides is 2. The van der Waals surface area contributed by atoms with Crippen LogP contribution in [0, 0.1) is 0 Å². The highest BCUT2D eigenvalue weighted by atomic mass is 32.2. The van der Waals surface area contributed by atoms with Gasteiger partial charge in [-0.25, -0.2) is 4.79 Å². The van der Waals surface area contributed by atoms with E-state index < -0.39 is 12.0 Å². The van der Waals surface area contributed by atoms with Crippen molar-refractivity contribution in [2.45, 2.75) is 31.4 Å². The molecule has 0 aromatic rings. The molecule has 0 aromatic carbocycles. The number of urea groups is 1. The maximum absolute atomic E-state index is 11.2. The quantitative estimate of drug-likeness (QED) is 0.634. The Morgan fingerprint density at radius 3 is 2.19 bits per heavy atom. The highest BCUT2D eigenvalue weighted by molar-refractivity contribution is 8.00. The molecule has 0 bridgehead atoms. The van der Waals surface area contributed by atoms with Crippen molar-refractivity contribution in [1.29, 1.82) is 0 Å². The molecule has 0 radical (unpaired) electrons. The third-order valence-corrected chi connectivity index (χ3v) is 4.28. The van der Waals surface area contributed by atoms with Crippen LogP contribution in [0.4, 0.5) is 4.79 Å². The summed E-state index contributed by atoms with van der Waals surface area (Å²) >= 11 is 1.72. The molecule has 0 saturated carbocycles. The molecule has 0 atom stereocenters. The fourth-order valence-electron chi connectivity index (χ4n) is 1.32. The zero-order chi connectivity index (χ0) is 12.6. The van der Waals surface area contributed by atoms with E-state index in [0.29, 0.717) is 6.54 Å². The number of hydrogen-bond acceptors (Lipinski definition) is 3. The molecule has 0 rings (SSSR count). The third-order valence-electron chi connectivity index (χ3n) is 2.69. The Morgan fingerprint density at radius 2 is 1.81 bits per heavy atom. The molecule has 0 saturated heterocycles. The molecule has 0 aromatic heterocycles. The molecule has 6 heteroatoms. The molecule has 3 N–H and O–H groups in total. The first-order valence-corrected chi connectivity index (χ1v) is 6.50. The average molecular weight is 248 g/mol. The second kappa shape index (κ2) is 7.38. The normalized spacial score (nSPS) is 10.9. The van der Waals surface area contributed by atoms with Gasteiger partial charge in [-0.2, -0.15) is 11.8 Å². The maximum Gasteiger partial charge on any atom is 0.323 e. The number of thioether (sulfide) groups is 1. The minimum absolute atomic E-state index is 0.0422. The topological polar surface area (TPSA) is 78.4 Å². The number of carboxylic acids is 1. The lowest BCUT2D eigenvalue weighted by Crippen LogP contribution is -2.45. The minimum Gasteiger partial charge on any atom is -0.480 e. The van der Waals surface area contributed by atoms with Crippen molar-refractivity contribution in [3.05, 3.63) is 0 Å². The van der Waals surface area contributed by atoms with Crippen LogP contribution in [0.1, 0.15) is 26.7 Å². The molecule has 0 spiro atoms. The smallest absolute Gasteiger partial charge is 0.323 e. The SMILES string of the molecule is CCC(CC)(CNC(=O)NCC(=O)O)SC. The van der Waals surface area contributed by atoms with Gasteiger partial charge in [0.25, 0.3) is 0 Å². The molecule has 0 fully saturated rings. The Balaban J connectivity index is 4.01. The Labute approximate surface area is 100 Å². The van der Waals surface area contributed by atoms with Gasteiger partial charge in [0.1, 0.15) is 6.54 Å². The first-order chi connectivity index (χ1) is 7.49. The van der Waals surface area contributed by atoms with Gasteiger partial charge in [0.05, 0.1) is 0 Å². The van der Waals surface area contributed by atoms with Crippen LogP contribution in [0.2, 0.25) is 0 Å². The molecule has 2 amide bonds. The number of carbonyl (C=O) groups excluding carboxylic acids is 1. The van der Waals surface area contributed by atoms with Crippen molar-refractivity contribution >= 4 is 23.8 Å². The van der Waals surface area contributed by atoms with Crippen molar-refractivity contribution in [3.8, 4) is 0 Å². The lowest BCUT2D eigenvalue weighted by Gasteiger charge is -2.29. The Morgan fingerprint density at radius 1 is 1.25 bits per heavy atom. The second-order valence-electron chi connectivity index (χ2n) is 3.52. The van der Waals surface area contributed by atoms with E-state index >= 15 is 0 Å². The van der Waals surface area contributed by atoms with E-state index in [4.69, 9.17) is 5.11 Å². The highest BCUT2D eigenvalue weighted by Gasteiger charge is 2.25. The van der Waals surface area contributed by atoms with E-state index in [1.165, 1.54) is 0 Å². The summed E-state index contributed by atoms with van der Waals surface area (Å²) in [7, 11) is 0. The molecule has 16 heavy (non-hydrogen) atoms. The maximum atomic E-state index is 11.2. The van der Waals surface area contributed by atoms with E-state index in [0.717, 1.165) is 12.8 Å². The summed E-state index contributed by atoms with van der Waals surface area (Å²) in [6, 6.07) is -0.428. The fourth-order valence-corrected chi connectivity index (χ4v) is 2.11. The summed E-state index contributed by atoms with van der Waals surface area (Å²) in [5, 5.41) is 13.3. The van der Waals surface area contributed by atoms with Gasteiger partial charge in [0.2, 0.25) is 0 Å². The second-order valence-corrected chi connectivity index (χ2v) is 4.80. The van der Waals surface area contributed by atoms with Gasteiger partial charge in [-0.15, -0.1) is 0 Å². The number of nitrogens with one attached hydrogen (secondary N) is 2. The van der Waals surface area contributed by atoms with Crippen LogP contribution in [-0.2, 0) is 4.79 Å². The van der Waals surface area contributed by atoms with Crippen molar-refractivity contribution in [2.75, 3.05) is 19.3 Å². The van der Waals surface area contributed by atoms with E-state index in [2.05, 4.69) is 24.5 Å². The Bertz CT molecular complexity index is 234. The van der Waals surface area contributed by atoms with Gasteiger partial charge in [0.15, 0.2) is 0 Å². The van der Waals surface area contributed by atoms with E-state index in [9.17, 15) is 9.59 Å². The highest BCUT2D eigenvalue weighted by Crippen LogP contribution is 2.29. The number of rotatable bonds is 7. The molecule has 0 aliphatic heterocycles. The predicted molar refractivity (Wildman–Crippen MR) is 65.9 cm³/mol. The van der Waals surface area contributed by atoms with Crippen molar-refractivity contribution in [3.63, 3.8) is 0 Å². The summed E-state index contributed by atoms with van der Waals surface area (Å²) in [6.45, 7) is 4.36. The summed E-state index contributed by atoms with van der Waals surface area (Å²) in [6.07, 6.45) is 3.94. The average Bonchev–Trinajstić information content (AvgIpc) is 2.29. The van der Waals surface area contributed by atoms with E-state index in [1.807, 2.05) is 6.26 Å². The Kier molecular flexibility index (Phi) is 6.96. The van der Waals surface area contributed by atoms with E-state index in [1.54, 1.807) is 11.8 Å². The molecular formula is C10H20N2O3S. The molecule has 0 aliphatic rings. The van der Waals surface area contributed by atoms with Gasteiger partial charge >= 0.3 is 12.0 Å². The number of aliphatic carboxylic acids is 1. The van der Waals surface area contributed by atoms with Crippen LogP contribution >= 0.6 is 11.8 Å². The van der Waals surface area contributed by atoms with Crippen LogP contribution in [0.15, 0.2) is 0 Å². The van der Waals surface area contributed by atoms with Crippen LogP contribution in [0.3, 0.4) is 0 Å². The molecule has 94 valence electrons.